The molecule has 5 saturated heterocycles. The maximum atomic E-state index is 15.1. The molecule has 5 fully saturated rings. The molecule has 5 aliphatic heterocycles. The maximum absolute atomic E-state index is 15.1. The Morgan fingerprint density at radius 2 is 1.23 bits per heavy atom. The minimum atomic E-state index is -1.94. The van der Waals surface area contributed by atoms with E-state index in [1.165, 1.54) is 27.9 Å². The van der Waals surface area contributed by atoms with E-state index in [0.29, 0.717) is 16.5 Å². The number of phenols is 2. The van der Waals surface area contributed by atoms with Crippen LogP contribution in [-0.2, 0) is 65.0 Å². The Hall–Kier alpha value is -3.16. The van der Waals surface area contributed by atoms with Crippen molar-refractivity contribution in [2.75, 3.05) is 13.7 Å². The fourth-order valence-corrected chi connectivity index (χ4v) is 11.8. The zero-order chi connectivity index (χ0) is 56.3. The van der Waals surface area contributed by atoms with Crippen molar-refractivity contribution in [3.8, 4) is 11.5 Å². The Kier molecular flexibility index (Phi) is 18.8. The molecule has 0 aromatic heterocycles. The van der Waals surface area contributed by atoms with Crippen molar-refractivity contribution in [2.24, 2.45) is 5.92 Å². The fraction of sp³-hybridized carbons (Fsp3) is 0.774. The number of fused-ring (bicyclic) bond motifs is 2. The normalized spacial score (nSPS) is 42.2. The van der Waals surface area contributed by atoms with Gasteiger partial charge < -0.3 is 109 Å². The largest absolute Gasteiger partial charge is 0.507 e. The first-order valence-corrected chi connectivity index (χ1v) is 26.5. The van der Waals surface area contributed by atoms with Crippen molar-refractivity contribution in [3.05, 3.63) is 34.4 Å². The van der Waals surface area contributed by atoms with Crippen LogP contribution in [0.5, 0.6) is 11.5 Å². The minimum Gasteiger partial charge on any atom is -0.507 e. The van der Waals surface area contributed by atoms with Crippen molar-refractivity contribution >= 4 is 22.3 Å². The van der Waals surface area contributed by atoms with E-state index in [-0.39, 0.29) is 67.2 Å². The van der Waals surface area contributed by atoms with Gasteiger partial charge in [-0.3, -0.25) is 9.59 Å². The molecule has 25 atom stereocenters. The van der Waals surface area contributed by atoms with E-state index in [0.717, 1.165) is 0 Å². The minimum absolute atomic E-state index is 0.0156. The highest BCUT2D eigenvalue weighted by Crippen LogP contribution is 2.46. The molecule has 6 aliphatic rings. The van der Waals surface area contributed by atoms with Crippen LogP contribution in [0.25, 0.3) is 10.8 Å². The van der Waals surface area contributed by atoms with E-state index in [2.05, 4.69) is 0 Å². The van der Waals surface area contributed by atoms with Gasteiger partial charge >= 0.3 is 0 Å². The molecular formula is C53H78O24. The Balaban J connectivity index is 1.04. The molecule has 24 heteroatoms. The smallest absolute Gasteiger partial charge is 0.196 e. The van der Waals surface area contributed by atoms with Crippen LogP contribution in [0.15, 0.2) is 12.1 Å². The van der Waals surface area contributed by atoms with Gasteiger partial charge in [0.25, 0.3) is 0 Å². The third-order valence-corrected chi connectivity index (χ3v) is 16.5. The number of methoxy groups -OCH3 is 1. The molecule has 5 heterocycles. The second-order valence-corrected chi connectivity index (χ2v) is 22.1. The number of carbonyl (C=O) groups is 2. The number of rotatable bonds is 16. The summed E-state index contributed by atoms with van der Waals surface area (Å²) in [5.74, 6) is -3.97. The molecule has 434 valence electrons. The number of hydrogen-bond acceptors (Lipinski definition) is 24. The van der Waals surface area contributed by atoms with E-state index in [1.54, 1.807) is 39.8 Å². The predicted molar refractivity (Wildman–Crippen MR) is 263 cm³/mol. The molecule has 0 amide bonds. The van der Waals surface area contributed by atoms with Gasteiger partial charge in [-0.05, 0) is 89.5 Å². The monoisotopic (exact) mass is 1100 g/mol. The van der Waals surface area contributed by atoms with Gasteiger partial charge in [0.1, 0.15) is 65.9 Å². The predicted octanol–water partition coefficient (Wildman–Crippen LogP) is -1.07. The van der Waals surface area contributed by atoms with Crippen molar-refractivity contribution < 1.29 is 118 Å². The van der Waals surface area contributed by atoms with Gasteiger partial charge in [0.15, 0.2) is 36.7 Å². The number of benzene rings is 2. The lowest BCUT2D eigenvalue weighted by atomic mass is 9.74. The molecule has 2 aromatic carbocycles. The zero-order valence-corrected chi connectivity index (χ0v) is 44.4. The summed E-state index contributed by atoms with van der Waals surface area (Å²) in [5, 5.41) is 131. The average molecular weight is 1100 g/mol. The van der Waals surface area contributed by atoms with Gasteiger partial charge in [0.05, 0.1) is 84.7 Å². The number of aliphatic hydroxyl groups excluding tert-OH is 9. The molecule has 0 spiro atoms. The van der Waals surface area contributed by atoms with Crippen LogP contribution in [0, 0.1) is 12.8 Å². The first kappa shape index (κ1) is 59.9. The second kappa shape index (κ2) is 24.1. The summed E-state index contributed by atoms with van der Waals surface area (Å²) in [6.07, 6.45) is -26.7. The summed E-state index contributed by atoms with van der Waals surface area (Å²) in [5.41, 5.74) is -0.996. The van der Waals surface area contributed by atoms with Gasteiger partial charge in [-0.2, -0.15) is 0 Å². The molecule has 0 bridgehead atoms. The average Bonchev–Trinajstić information content (AvgIpc) is 3.37. The number of ether oxygens (including phenoxy) is 10. The molecule has 12 N–H and O–H groups in total. The quantitative estimate of drug-likeness (QED) is 0.0952. The van der Waals surface area contributed by atoms with Crippen LogP contribution in [0.4, 0.5) is 0 Å². The Morgan fingerprint density at radius 1 is 0.714 bits per heavy atom. The van der Waals surface area contributed by atoms with Crippen LogP contribution in [0.3, 0.4) is 0 Å². The summed E-state index contributed by atoms with van der Waals surface area (Å²) in [6, 6.07) is 3.31. The second-order valence-electron chi connectivity index (χ2n) is 22.1. The fourth-order valence-electron chi connectivity index (χ4n) is 11.8. The van der Waals surface area contributed by atoms with Gasteiger partial charge in [-0.25, -0.2) is 0 Å². The molecule has 2 aromatic rings. The highest BCUT2D eigenvalue weighted by Gasteiger charge is 2.52. The number of carbonyl (C=O) groups excluding carboxylic acids is 2. The van der Waals surface area contributed by atoms with Crippen LogP contribution >= 0.6 is 0 Å². The summed E-state index contributed by atoms with van der Waals surface area (Å²) < 4.78 is 60.5. The van der Waals surface area contributed by atoms with Crippen molar-refractivity contribution in [1.82, 2.24) is 0 Å². The van der Waals surface area contributed by atoms with Crippen molar-refractivity contribution in [3.63, 3.8) is 0 Å². The third-order valence-electron chi connectivity index (χ3n) is 16.5. The Labute approximate surface area is 445 Å². The lowest BCUT2D eigenvalue weighted by molar-refractivity contribution is -0.336. The topological polar surface area (TPSA) is 369 Å². The summed E-state index contributed by atoms with van der Waals surface area (Å²) in [4.78, 5) is 29.0. The SMILES string of the molecule is CO[C@H](C(=O)[C@@H](O)[C@@H](C)O)C1Cc2cc3cc(C[C@H]4C[C@H](O[C@H]5C[C@@H](O)[C@H](O)[C@@H](C)O5)[C@@H](O)[C@@H](C)O4)c(C)c(O)c3c(O)c2C(=O)[C@H]1O[C@@H]1C[C@H](O[C@@H]2C[C@H](O[C@@H]3C[C@](O)(CO)[C@@H](O)[C@H](C)O3)[C@@H](O)[C@H](C)O2)[C@@H](O)[C@H](C)O1. The molecule has 24 nitrogen and oxygen atoms in total. The van der Waals surface area contributed by atoms with Crippen molar-refractivity contribution in [2.45, 2.75) is 240 Å². The lowest BCUT2D eigenvalue weighted by Gasteiger charge is -2.46. The highest BCUT2D eigenvalue weighted by atomic mass is 16.7. The summed E-state index contributed by atoms with van der Waals surface area (Å²) >= 11 is 0. The number of phenolic OH excluding ortho intramolecular Hbond substituents is 2. The zero-order valence-electron chi connectivity index (χ0n) is 44.4. The third kappa shape index (κ3) is 12.2. The standard InChI is InChI=1S/C53H78O24/c1-19-26(11-29-13-32(44(60)22(4)69-29)74-35-14-31(56)43(59)21(3)70-35)9-27-10-28-12-30(50(68-8)49(65)42(58)20(2)55)51(48(64)40(28)47(63)39(27)41(19)57)77-37-16-33(45(61)24(6)72-37)75-36-15-34(46(62)23(5)71-36)76-38-17-53(67,18-54)52(66)25(7)73-38/h9-10,20-25,29-38,42-46,50-52,54-63,66-67H,11-18H2,1-8H3/t20-,21-,22-,23+,24+,25+,29+,30?,31-,32+,33+,34+,35+,36-,37-,38-,42+,43-,44+,45+,46+,50+,51+,52+,53+/m1/s1. The number of ketones is 2. The molecule has 77 heavy (non-hydrogen) atoms. The number of hydrogen-bond donors (Lipinski definition) is 12. The van der Waals surface area contributed by atoms with Crippen LogP contribution in [0.2, 0.25) is 0 Å². The highest BCUT2D eigenvalue weighted by molar-refractivity contribution is 6.11. The van der Waals surface area contributed by atoms with Gasteiger partial charge in [-0.1, -0.05) is 6.07 Å². The molecular weight excluding hydrogens is 1020 g/mol. The van der Waals surface area contributed by atoms with E-state index in [9.17, 15) is 66.1 Å². The van der Waals surface area contributed by atoms with Crippen LogP contribution in [-0.4, -0.2) is 233 Å². The molecule has 0 radical (unpaired) electrons. The van der Waals surface area contributed by atoms with E-state index < -0.39 is 177 Å². The Morgan fingerprint density at radius 3 is 1.79 bits per heavy atom. The first-order chi connectivity index (χ1) is 36.2. The maximum Gasteiger partial charge on any atom is 0.196 e. The van der Waals surface area contributed by atoms with Gasteiger partial charge in [0, 0.05) is 45.1 Å². The number of aliphatic hydroxyl groups is 10. The van der Waals surface area contributed by atoms with Gasteiger partial charge in [0.2, 0.25) is 0 Å². The van der Waals surface area contributed by atoms with Crippen molar-refractivity contribution in [1.29, 1.82) is 0 Å². The lowest BCUT2D eigenvalue weighted by Crippen LogP contribution is -2.60. The molecule has 0 saturated carbocycles. The van der Waals surface area contributed by atoms with E-state index in [4.69, 9.17) is 47.4 Å². The summed E-state index contributed by atoms with van der Waals surface area (Å²) in [6.45, 7) is 9.95. The molecule has 1 aliphatic carbocycles. The first-order valence-electron chi connectivity index (χ1n) is 26.5. The number of Topliss-reactive ketones (excluding diaryl/α,β-unsaturated/α-hetero) is 2. The van der Waals surface area contributed by atoms with Crippen LogP contribution in [0.1, 0.15) is 101 Å². The van der Waals surface area contributed by atoms with Gasteiger partial charge in [-0.15, -0.1) is 0 Å². The molecule has 8 rings (SSSR count). The van der Waals surface area contributed by atoms with Crippen LogP contribution < -0.4 is 0 Å². The number of aromatic hydroxyl groups is 2. The molecule has 1 unspecified atom stereocenters. The Bertz CT molecular complexity index is 2380. The summed E-state index contributed by atoms with van der Waals surface area (Å²) in [7, 11) is 1.19. The van der Waals surface area contributed by atoms with E-state index >= 15 is 4.79 Å². The van der Waals surface area contributed by atoms with E-state index in [1.807, 2.05) is 0 Å².